The van der Waals surface area contributed by atoms with Crippen LogP contribution in [0.1, 0.15) is 28.4 Å². The Bertz CT molecular complexity index is 996. The molecule has 0 unspecified atom stereocenters. The van der Waals surface area contributed by atoms with Gasteiger partial charge < -0.3 is 10.2 Å². The number of carbonyl (C=O) groups excluding carboxylic acids is 1. The van der Waals surface area contributed by atoms with E-state index in [0.29, 0.717) is 31.6 Å². The lowest BCUT2D eigenvalue weighted by Gasteiger charge is -2.34. The molecule has 2 aromatic rings. The second-order valence-electron chi connectivity index (χ2n) is 7.44. The quantitative estimate of drug-likeness (QED) is 0.803. The lowest BCUT2D eigenvalue weighted by atomic mass is 10.0. The standard InChI is InChI=1S/C21H25N3O3S.ClH/c1-16-14-22-10-12-24(16)21(25)18-7-4-8-20(13-18)28(26,27)23-11-9-17-5-2-3-6-19(17)15-23;/h2-8,13,16,22H,9-12,14-15H2,1H3;1H/t16-;/m0./s1. The van der Waals surface area contributed by atoms with Crippen molar-refractivity contribution in [3.8, 4) is 0 Å². The predicted molar refractivity (Wildman–Crippen MR) is 115 cm³/mol. The van der Waals surface area contributed by atoms with E-state index < -0.39 is 10.0 Å². The Morgan fingerprint density at radius 2 is 1.83 bits per heavy atom. The summed E-state index contributed by atoms with van der Waals surface area (Å²) in [7, 11) is -3.65. The summed E-state index contributed by atoms with van der Waals surface area (Å²) < 4.78 is 27.9. The molecule has 2 aliphatic rings. The van der Waals surface area contributed by atoms with Gasteiger partial charge in [0.2, 0.25) is 10.0 Å². The number of amides is 1. The van der Waals surface area contributed by atoms with Crippen molar-refractivity contribution in [2.75, 3.05) is 26.2 Å². The number of nitrogens with one attached hydrogen (secondary N) is 1. The van der Waals surface area contributed by atoms with Gasteiger partial charge in [0.05, 0.1) is 4.90 Å². The Balaban J connectivity index is 0.00000240. The summed E-state index contributed by atoms with van der Waals surface area (Å²) in [5.41, 5.74) is 2.66. The highest BCUT2D eigenvalue weighted by Gasteiger charge is 2.30. The number of rotatable bonds is 3. The van der Waals surface area contributed by atoms with Crippen molar-refractivity contribution in [1.29, 1.82) is 0 Å². The smallest absolute Gasteiger partial charge is 0.254 e. The molecular weight excluding hydrogens is 410 g/mol. The van der Waals surface area contributed by atoms with Crippen LogP contribution in [0.2, 0.25) is 0 Å². The van der Waals surface area contributed by atoms with E-state index in [1.165, 1.54) is 15.9 Å². The molecule has 1 atom stereocenters. The number of carbonyl (C=O) groups is 1. The van der Waals surface area contributed by atoms with E-state index in [0.717, 1.165) is 18.7 Å². The van der Waals surface area contributed by atoms with Crippen LogP contribution in [0.4, 0.5) is 0 Å². The molecule has 0 aliphatic carbocycles. The lowest BCUT2D eigenvalue weighted by molar-refractivity contribution is 0.0655. The van der Waals surface area contributed by atoms with Gasteiger partial charge in [0.25, 0.3) is 5.91 Å². The van der Waals surface area contributed by atoms with Crippen molar-refractivity contribution in [2.45, 2.75) is 30.8 Å². The highest BCUT2D eigenvalue weighted by Crippen LogP contribution is 2.25. The molecule has 0 aromatic heterocycles. The SMILES string of the molecule is C[C@H]1CNCCN1C(=O)c1cccc(S(=O)(=O)N2CCc3ccccc3C2)c1.Cl. The van der Waals surface area contributed by atoms with Gasteiger partial charge in [0, 0.05) is 44.3 Å². The van der Waals surface area contributed by atoms with Crippen molar-refractivity contribution in [2.24, 2.45) is 0 Å². The number of benzene rings is 2. The van der Waals surface area contributed by atoms with Gasteiger partial charge in [-0.1, -0.05) is 30.3 Å². The number of nitrogens with zero attached hydrogens (tertiary/aromatic N) is 2. The molecule has 0 spiro atoms. The van der Waals surface area contributed by atoms with Crippen LogP contribution in [0, 0.1) is 0 Å². The van der Waals surface area contributed by atoms with Crippen LogP contribution in [0.3, 0.4) is 0 Å². The average Bonchev–Trinajstić information content (AvgIpc) is 2.73. The number of piperazine rings is 1. The molecule has 6 nitrogen and oxygen atoms in total. The number of halogens is 1. The van der Waals surface area contributed by atoms with Crippen LogP contribution in [0.15, 0.2) is 53.4 Å². The van der Waals surface area contributed by atoms with Crippen molar-refractivity contribution in [3.05, 3.63) is 65.2 Å². The first-order valence-electron chi connectivity index (χ1n) is 9.65. The second kappa shape index (κ2) is 8.83. The van der Waals surface area contributed by atoms with Gasteiger partial charge in [-0.3, -0.25) is 4.79 Å². The van der Waals surface area contributed by atoms with Crippen LogP contribution in [0.5, 0.6) is 0 Å². The molecule has 1 amide bonds. The first kappa shape index (κ1) is 21.8. The molecule has 1 saturated heterocycles. The lowest BCUT2D eigenvalue weighted by Crippen LogP contribution is -2.52. The first-order chi connectivity index (χ1) is 13.5. The third-order valence-electron chi connectivity index (χ3n) is 5.58. The molecule has 0 radical (unpaired) electrons. The Kier molecular flexibility index (Phi) is 6.63. The largest absolute Gasteiger partial charge is 0.333 e. The van der Waals surface area contributed by atoms with Gasteiger partial charge in [0.1, 0.15) is 0 Å². The van der Waals surface area contributed by atoms with E-state index in [2.05, 4.69) is 5.32 Å². The second-order valence-corrected chi connectivity index (χ2v) is 9.37. The summed E-state index contributed by atoms with van der Waals surface area (Å²) >= 11 is 0. The Labute approximate surface area is 178 Å². The fourth-order valence-corrected chi connectivity index (χ4v) is 5.39. The molecule has 156 valence electrons. The van der Waals surface area contributed by atoms with E-state index in [1.807, 2.05) is 31.2 Å². The minimum absolute atomic E-state index is 0. The normalized spacial score (nSPS) is 19.9. The zero-order valence-electron chi connectivity index (χ0n) is 16.4. The molecule has 2 aliphatic heterocycles. The van der Waals surface area contributed by atoms with Gasteiger partial charge in [-0.25, -0.2) is 8.42 Å². The van der Waals surface area contributed by atoms with E-state index >= 15 is 0 Å². The van der Waals surface area contributed by atoms with E-state index in [9.17, 15) is 13.2 Å². The summed E-state index contributed by atoms with van der Waals surface area (Å²) in [4.78, 5) is 14.9. The molecule has 0 bridgehead atoms. The molecule has 29 heavy (non-hydrogen) atoms. The maximum atomic E-state index is 13.2. The average molecular weight is 436 g/mol. The number of fused-ring (bicyclic) bond motifs is 1. The zero-order valence-corrected chi connectivity index (χ0v) is 18.0. The van der Waals surface area contributed by atoms with E-state index in [4.69, 9.17) is 0 Å². The Hall–Kier alpha value is -1.93. The Morgan fingerprint density at radius 1 is 1.07 bits per heavy atom. The third kappa shape index (κ3) is 4.33. The van der Waals surface area contributed by atoms with Gasteiger partial charge in [-0.2, -0.15) is 4.31 Å². The molecule has 8 heteroatoms. The van der Waals surface area contributed by atoms with Crippen LogP contribution < -0.4 is 5.32 Å². The highest BCUT2D eigenvalue weighted by molar-refractivity contribution is 7.89. The molecule has 4 rings (SSSR count). The fraction of sp³-hybridized carbons (Fsp3) is 0.381. The predicted octanol–water partition coefficient (Wildman–Crippen LogP) is 2.29. The fourth-order valence-electron chi connectivity index (χ4n) is 3.92. The van der Waals surface area contributed by atoms with Crippen molar-refractivity contribution in [1.82, 2.24) is 14.5 Å². The molecule has 2 aromatic carbocycles. The summed E-state index contributed by atoms with van der Waals surface area (Å²) in [5.74, 6) is -0.116. The summed E-state index contributed by atoms with van der Waals surface area (Å²) in [6, 6.07) is 14.5. The molecule has 1 fully saturated rings. The highest BCUT2D eigenvalue weighted by atomic mass is 35.5. The first-order valence-corrected chi connectivity index (χ1v) is 11.1. The monoisotopic (exact) mass is 435 g/mol. The molecule has 2 heterocycles. The number of hydrogen-bond acceptors (Lipinski definition) is 4. The van der Waals surface area contributed by atoms with Crippen molar-refractivity contribution < 1.29 is 13.2 Å². The van der Waals surface area contributed by atoms with Crippen LogP contribution in [0.25, 0.3) is 0 Å². The minimum Gasteiger partial charge on any atom is -0.333 e. The topological polar surface area (TPSA) is 69.7 Å². The van der Waals surface area contributed by atoms with Crippen molar-refractivity contribution in [3.63, 3.8) is 0 Å². The summed E-state index contributed by atoms with van der Waals surface area (Å²) in [6.45, 7) is 4.94. The Morgan fingerprint density at radius 3 is 2.59 bits per heavy atom. The molecular formula is C21H26ClN3O3S. The van der Waals surface area contributed by atoms with Crippen molar-refractivity contribution >= 4 is 28.3 Å². The summed E-state index contributed by atoms with van der Waals surface area (Å²) in [6.07, 6.45) is 0.701. The summed E-state index contributed by atoms with van der Waals surface area (Å²) in [5, 5.41) is 3.26. The maximum Gasteiger partial charge on any atom is 0.254 e. The van der Waals surface area contributed by atoms with Crippen LogP contribution in [-0.2, 0) is 23.0 Å². The number of sulfonamides is 1. The van der Waals surface area contributed by atoms with E-state index in [-0.39, 0.29) is 29.3 Å². The number of hydrogen-bond donors (Lipinski definition) is 1. The van der Waals surface area contributed by atoms with Gasteiger partial charge in [0.15, 0.2) is 0 Å². The molecule has 1 N–H and O–H groups in total. The van der Waals surface area contributed by atoms with Crippen LogP contribution >= 0.6 is 12.4 Å². The minimum atomic E-state index is -3.65. The zero-order chi connectivity index (χ0) is 19.7. The van der Waals surface area contributed by atoms with Crippen LogP contribution in [-0.4, -0.2) is 55.8 Å². The van der Waals surface area contributed by atoms with Gasteiger partial charge in [-0.05, 0) is 42.7 Å². The van der Waals surface area contributed by atoms with Gasteiger partial charge in [-0.15, -0.1) is 12.4 Å². The third-order valence-corrected chi connectivity index (χ3v) is 7.42. The van der Waals surface area contributed by atoms with Gasteiger partial charge >= 0.3 is 0 Å². The maximum absolute atomic E-state index is 13.2. The molecule has 0 saturated carbocycles. The van der Waals surface area contributed by atoms with E-state index in [1.54, 1.807) is 23.1 Å².